The van der Waals surface area contributed by atoms with Crippen LogP contribution >= 0.6 is 11.8 Å². The number of aromatic nitrogens is 2. The van der Waals surface area contributed by atoms with Gasteiger partial charge in [0.25, 0.3) is 6.33 Å². The Balaban J connectivity index is 0.00000576. The molecule has 1 aliphatic rings. The number of thioether (sulfide) groups is 1. The zero-order valence-corrected chi connectivity index (χ0v) is 29.8. The summed E-state index contributed by atoms with van der Waals surface area (Å²) in [6.45, 7) is 10.0. The molecule has 0 radical (unpaired) electrons. The van der Waals surface area contributed by atoms with Gasteiger partial charge in [0.1, 0.15) is 45.1 Å². The molecular formula is C32H38F2IN5O5S. The molecule has 1 unspecified atom stereocenters. The van der Waals surface area contributed by atoms with Crippen molar-refractivity contribution in [2.75, 3.05) is 6.54 Å². The number of carbonyl (C=O) groups is 3. The summed E-state index contributed by atoms with van der Waals surface area (Å²) in [5.74, 6) is -1.36. The van der Waals surface area contributed by atoms with Crippen molar-refractivity contribution in [1.82, 2.24) is 14.5 Å². The number of benzene rings is 2. The van der Waals surface area contributed by atoms with E-state index in [9.17, 15) is 18.8 Å². The van der Waals surface area contributed by atoms with Crippen LogP contribution in [-0.4, -0.2) is 55.5 Å². The van der Waals surface area contributed by atoms with Gasteiger partial charge in [0.05, 0.1) is 7.05 Å². The molecule has 1 atom stereocenters. The highest BCUT2D eigenvalue weighted by molar-refractivity contribution is 8.15. The van der Waals surface area contributed by atoms with Gasteiger partial charge in [0.15, 0.2) is 0 Å². The standard InChI is InChI=1S/C32H38F2N5O5S.HI/c1-30(2,3)43-28(41)38(29(42)44-31(4,5)6)17-11-16-32(22-12-9-8-10-13-22)39(27(40)37-19-18-36(7)21-37)35-26(45-32)24-20-23(33)14-15-25(24)34;/h8-10,12-15,18-21H,11,16-17H2,1-7H3;1H/q+1;/p-1. The lowest BCUT2D eigenvalue weighted by atomic mass is 10.00. The van der Waals surface area contributed by atoms with Gasteiger partial charge in [-0.15, -0.1) is 0 Å². The second-order valence-corrected chi connectivity index (χ2v) is 13.8. The fourth-order valence-electron chi connectivity index (χ4n) is 4.58. The molecule has 1 aliphatic heterocycles. The van der Waals surface area contributed by atoms with Crippen molar-refractivity contribution in [3.8, 4) is 0 Å². The van der Waals surface area contributed by atoms with Gasteiger partial charge in [-0.1, -0.05) is 42.1 Å². The van der Waals surface area contributed by atoms with Crippen LogP contribution in [-0.2, 0) is 21.4 Å². The minimum atomic E-state index is -1.27. The molecule has 10 nitrogen and oxygen atoms in total. The average Bonchev–Trinajstić information content (AvgIpc) is 3.55. The second-order valence-electron chi connectivity index (χ2n) is 12.6. The van der Waals surface area contributed by atoms with E-state index < -0.39 is 45.9 Å². The molecular weight excluding hydrogens is 731 g/mol. The number of aryl methyl sites for hydroxylation is 1. The van der Waals surface area contributed by atoms with Crippen LogP contribution in [0.4, 0.5) is 23.2 Å². The number of hydrogen-bond donors (Lipinski definition) is 0. The van der Waals surface area contributed by atoms with Crippen molar-refractivity contribution in [2.24, 2.45) is 12.1 Å². The van der Waals surface area contributed by atoms with Crippen LogP contribution in [0.2, 0.25) is 0 Å². The summed E-state index contributed by atoms with van der Waals surface area (Å²) in [4.78, 5) is 40.0. The number of imidazole rings is 1. The molecule has 14 heteroatoms. The lowest BCUT2D eigenvalue weighted by Crippen LogP contribution is -3.00. The third-order valence-corrected chi connectivity index (χ3v) is 7.92. The molecule has 1 aromatic heterocycles. The molecule has 3 amide bonds. The molecule has 0 bridgehead atoms. The first-order valence-electron chi connectivity index (χ1n) is 14.4. The molecule has 0 spiro atoms. The molecule has 0 N–H and O–H groups in total. The lowest BCUT2D eigenvalue weighted by molar-refractivity contribution is -0.670. The van der Waals surface area contributed by atoms with Crippen molar-refractivity contribution in [3.05, 3.63) is 90.0 Å². The maximum absolute atomic E-state index is 15.1. The molecule has 4 rings (SSSR count). The molecule has 0 aliphatic carbocycles. The summed E-state index contributed by atoms with van der Waals surface area (Å²) in [7, 11) is 1.76. The Morgan fingerprint density at radius 1 is 0.978 bits per heavy atom. The van der Waals surface area contributed by atoms with Gasteiger partial charge in [-0.3, -0.25) is 0 Å². The van der Waals surface area contributed by atoms with E-state index in [-0.39, 0.29) is 54.0 Å². The number of hydrogen-bond acceptors (Lipinski definition) is 7. The predicted octanol–water partition coefficient (Wildman–Crippen LogP) is 3.78. The van der Waals surface area contributed by atoms with Gasteiger partial charge in [0.2, 0.25) is 0 Å². The average molecular weight is 770 g/mol. The minimum Gasteiger partial charge on any atom is -1.00 e. The van der Waals surface area contributed by atoms with E-state index in [1.165, 1.54) is 9.58 Å². The van der Waals surface area contributed by atoms with Gasteiger partial charge in [-0.2, -0.15) is 14.7 Å². The van der Waals surface area contributed by atoms with Crippen molar-refractivity contribution < 1.29 is 61.2 Å². The first kappa shape index (κ1) is 36.9. The van der Waals surface area contributed by atoms with Crippen LogP contribution in [0.3, 0.4) is 0 Å². The summed E-state index contributed by atoms with van der Waals surface area (Å²) in [6.07, 6.45) is 3.36. The lowest BCUT2D eigenvalue weighted by Gasteiger charge is -2.35. The Bertz CT molecular complexity index is 1580. The van der Waals surface area contributed by atoms with E-state index in [0.717, 1.165) is 34.9 Å². The van der Waals surface area contributed by atoms with E-state index >= 15 is 4.39 Å². The van der Waals surface area contributed by atoms with Gasteiger partial charge < -0.3 is 33.5 Å². The quantitative estimate of drug-likeness (QED) is 0.280. The summed E-state index contributed by atoms with van der Waals surface area (Å²) in [5.41, 5.74) is -1.20. The Labute approximate surface area is 288 Å². The van der Waals surface area contributed by atoms with Crippen molar-refractivity contribution in [3.63, 3.8) is 0 Å². The van der Waals surface area contributed by atoms with Crippen LogP contribution < -0.4 is 28.5 Å². The van der Waals surface area contributed by atoms with Crippen LogP contribution in [0.1, 0.15) is 65.5 Å². The molecule has 2 aromatic carbocycles. The maximum Gasteiger partial charge on any atom is 0.437 e. The number of halogens is 3. The Hall–Kier alpha value is -3.53. The van der Waals surface area contributed by atoms with Crippen molar-refractivity contribution in [1.29, 1.82) is 0 Å². The predicted molar refractivity (Wildman–Crippen MR) is 165 cm³/mol. The number of carbonyl (C=O) groups excluding carboxylic acids is 3. The Kier molecular flexibility index (Phi) is 11.6. The molecule has 248 valence electrons. The number of hydrazone groups is 1. The zero-order chi connectivity index (χ0) is 33.2. The van der Waals surface area contributed by atoms with Crippen LogP contribution in [0.15, 0.2) is 72.4 Å². The molecule has 0 saturated heterocycles. The van der Waals surface area contributed by atoms with Crippen LogP contribution in [0.25, 0.3) is 0 Å². The summed E-state index contributed by atoms with van der Waals surface area (Å²) in [6, 6.07) is 11.5. The fraction of sp³-hybridized carbons (Fsp3) is 0.406. The fourth-order valence-corrected chi connectivity index (χ4v) is 6.00. The topological polar surface area (TPSA) is 97.3 Å². The van der Waals surface area contributed by atoms with E-state index in [1.807, 2.05) is 18.2 Å². The highest BCUT2D eigenvalue weighted by Gasteiger charge is 2.51. The maximum atomic E-state index is 15.1. The van der Waals surface area contributed by atoms with E-state index in [1.54, 1.807) is 84.0 Å². The van der Waals surface area contributed by atoms with E-state index in [4.69, 9.17) is 9.47 Å². The summed E-state index contributed by atoms with van der Waals surface area (Å²) >= 11 is 1.09. The molecule has 46 heavy (non-hydrogen) atoms. The van der Waals surface area contributed by atoms with Crippen molar-refractivity contribution >= 4 is 35.0 Å². The number of imide groups is 1. The smallest absolute Gasteiger partial charge is 0.437 e. The van der Waals surface area contributed by atoms with Crippen molar-refractivity contribution in [2.45, 2.75) is 70.5 Å². The van der Waals surface area contributed by atoms with Gasteiger partial charge in [0, 0.05) is 12.1 Å². The van der Waals surface area contributed by atoms with Gasteiger partial charge >= 0.3 is 18.2 Å². The Morgan fingerprint density at radius 2 is 1.59 bits per heavy atom. The highest BCUT2D eigenvalue weighted by Crippen LogP contribution is 2.51. The van der Waals surface area contributed by atoms with E-state index in [0.29, 0.717) is 5.56 Å². The number of amides is 3. The number of ether oxygens (including phenoxy) is 2. The normalized spacial score (nSPS) is 16.4. The molecule has 2 heterocycles. The largest absolute Gasteiger partial charge is 1.00 e. The van der Waals surface area contributed by atoms with Gasteiger partial charge in [-0.25, -0.2) is 32.6 Å². The zero-order valence-electron chi connectivity index (χ0n) is 26.8. The van der Waals surface area contributed by atoms with Crippen LogP contribution in [0.5, 0.6) is 0 Å². The highest BCUT2D eigenvalue weighted by atomic mass is 127. The van der Waals surface area contributed by atoms with Gasteiger partial charge in [-0.05, 0) is 78.1 Å². The second kappa shape index (κ2) is 14.5. The first-order valence-corrected chi connectivity index (χ1v) is 15.2. The third-order valence-electron chi connectivity index (χ3n) is 6.48. The molecule has 0 fully saturated rings. The monoisotopic (exact) mass is 769 g/mol. The SMILES string of the molecule is C[n+]1ccn(C(=O)N2N=C(c3cc(F)ccc3F)SC2(CCCN(C(=O)OC(C)(C)C)C(=O)OC(C)(C)C)c2ccccc2)c1.[I-]. The summed E-state index contributed by atoms with van der Waals surface area (Å²) in [5, 5.41) is 5.91. The molecule has 3 aromatic rings. The first-order chi connectivity index (χ1) is 21.0. The summed E-state index contributed by atoms with van der Waals surface area (Å²) < 4.78 is 43.4. The minimum absolute atomic E-state index is 0. The third kappa shape index (κ3) is 8.84. The van der Waals surface area contributed by atoms with E-state index in [2.05, 4.69) is 5.10 Å². The number of rotatable bonds is 6. The Morgan fingerprint density at radius 3 is 2.13 bits per heavy atom. The number of nitrogens with zero attached hydrogens (tertiary/aromatic N) is 5. The molecule has 0 saturated carbocycles. The van der Waals surface area contributed by atoms with Crippen LogP contribution in [0, 0.1) is 11.6 Å².